The van der Waals surface area contributed by atoms with Crippen molar-refractivity contribution in [3.8, 4) is 5.69 Å². The Morgan fingerprint density at radius 3 is 2.69 bits per heavy atom. The van der Waals surface area contributed by atoms with Crippen LogP contribution in [0.25, 0.3) is 16.7 Å². The first-order valence-electron chi connectivity index (χ1n) is 7.98. The Morgan fingerprint density at radius 2 is 1.85 bits per heavy atom. The van der Waals surface area contributed by atoms with E-state index in [1.165, 1.54) is 4.68 Å². The predicted octanol–water partition coefficient (Wildman–Crippen LogP) is 2.30. The zero-order valence-electron chi connectivity index (χ0n) is 13.6. The number of amides is 1. The summed E-state index contributed by atoms with van der Waals surface area (Å²) in [5.41, 5.74) is 1.36. The Bertz CT molecular complexity index is 1130. The number of para-hydroxylation sites is 1. The van der Waals surface area contributed by atoms with Gasteiger partial charge in [-0.25, -0.2) is 9.48 Å². The molecule has 26 heavy (non-hydrogen) atoms. The minimum atomic E-state index is -0.506. The molecule has 1 N–H and O–H groups in total. The molecule has 128 valence electrons. The second-order valence-electron chi connectivity index (χ2n) is 5.66. The van der Waals surface area contributed by atoms with Crippen LogP contribution in [-0.2, 0) is 6.54 Å². The van der Waals surface area contributed by atoms with Gasteiger partial charge < -0.3 is 9.73 Å². The number of carbonyl (C=O) groups is 1. The zero-order valence-corrected chi connectivity index (χ0v) is 13.6. The lowest BCUT2D eigenvalue weighted by atomic mass is 10.2. The summed E-state index contributed by atoms with van der Waals surface area (Å²) in [5, 5.41) is 11.5. The molecule has 7 nitrogen and oxygen atoms in total. The Kier molecular flexibility index (Phi) is 4.03. The van der Waals surface area contributed by atoms with Crippen LogP contribution in [0.5, 0.6) is 0 Å². The monoisotopic (exact) mass is 346 g/mol. The number of carbonyl (C=O) groups excluding carboxylic acids is 1. The van der Waals surface area contributed by atoms with Crippen LogP contribution in [0.1, 0.15) is 16.1 Å². The summed E-state index contributed by atoms with van der Waals surface area (Å²) in [4.78, 5) is 24.2. The molecule has 0 aliphatic carbocycles. The molecule has 1 amide bonds. The van der Waals surface area contributed by atoms with E-state index in [1.807, 2.05) is 18.2 Å². The van der Waals surface area contributed by atoms with Gasteiger partial charge in [0.25, 0.3) is 5.91 Å². The van der Waals surface area contributed by atoms with E-state index in [4.69, 9.17) is 4.42 Å². The molecular weight excluding hydrogens is 332 g/mol. The number of benzene rings is 2. The van der Waals surface area contributed by atoms with Crippen molar-refractivity contribution in [1.29, 1.82) is 0 Å². The minimum Gasteiger partial charge on any atom is -0.421 e. The quantitative estimate of drug-likeness (QED) is 0.573. The second kappa shape index (κ2) is 6.64. The highest BCUT2D eigenvalue weighted by Crippen LogP contribution is 2.14. The normalized spacial score (nSPS) is 10.8. The lowest BCUT2D eigenvalue weighted by molar-refractivity contribution is 0.0950. The van der Waals surface area contributed by atoms with Crippen LogP contribution in [0, 0.1) is 0 Å². The predicted molar refractivity (Wildman–Crippen MR) is 95.0 cm³/mol. The molecule has 4 rings (SSSR count). The third kappa shape index (κ3) is 3.10. The molecule has 0 saturated carbocycles. The molecule has 0 fully saturated rings. The molecule has 2 heterocycles. The average Bonchev–Trinajstić information content (AvgIpc) is 3.15. The average molecular weight is 346 g/mol. The number of nitrogens with one attached hydrogen (secondary N) is 1. The molecule has 0 spiro atoms. The summed E-state index contributed by atoms with van der Waals surface area (Å²) in [6, 6.07) is 17.8. The fourth-order valence-electron chi connectivity index (χ4n) is 2.57. The summed E-state index contributed by atoms with van der Waals surface area (Å²) >= 11 is 0. The molecule has 4 aromatic rings. The van der Waals surface area contributed by atoms with E-state index in [9.17, 15) is 9.59 Å². The van der Waals surface area contributed by atoms with Gasteiger partial charge in [-0.1, -0.05) is 41.6 Å². The fourth-order valence-corrected chi connectivity index (χ4v) is 2.57. The van der Waals surface area contributed by atoms with Crippen LogP contribution >= 0.6 is 0 Å². The molecular formula is C19H14N4O3. The van der Waals surface area contributed by atoms with E-state index >= 15 is 0 Å². The Labute approximate surface area is 147 Å². The second-order valence-corrected chi connectivity index (χ2v) is 5.66. The highest BCUT2D eigenvalue weighted by Gasteiger charge is 2.11. The molecule has 7 heteroatoms. The number of nitrogens with zero attached hydrogens (tertiary/aromatic N) is 3. The third-order valence-corrected chi connectivity index (χ3v) is 3.88. The maximum atomic E-state index is 12.2. The van der Waals surface area contributed by atoms with E-state index in [-0.39, 0.29) is 18.1 Å². The van der Waals surface area contributed by atoms with Gasteiger partial charge in [0.05, 0.1) is 12.7 Å². The number of hydrogen-bond donors (Lipinski definition) is 1. The standard InChI is InChI=1S/C19H14N4O3/c24-18(13-6-2-1-3-7-13)20-11-15-12-23(22-21-15)16-10-14-8-4-5-9-17(14)26-19(16)25/h1-10,12H,11H2,(H,20,24). The van der Waals surface area contributed by atoms with E-state index < -0.39 is 5.63 Å². The Balaban J connectivity index is 1.54. The topological polar surface area (TPSA) is 90.0 Å². The van der Waals surface area contributed by atoms with E-state index in [0.29, 0.717) is 16.8 Å². The van der Waals surface area contributed by atoms with Crippen molar-refractivity contribution in [2.75, 3.05) is 0 Å². The van der Waals surface area contributed by atoms with Gasteiger partial charge in [-0.15, -0.1) is 5.10 Å². The van der Waals surface area contributed by atoms with Crippen molar-refractivity contribution in [3.05, 3.63) is 88.5 Å². The molecule has 0 saturated heterocycles. The Hall–Kier alpha value is -3.74. The van der Waals surface area contributed by atoms with Gasteiger partial charge in [0, 0.05) is 10.9 Å². The zero-order chi connectivity index (χ0) is 17.9. The van der Waals surface area contributed by atoms with Crippen molar-refractivity contribution in [2.45, 2.75) is 6.54 Å². The van der Waals surface area contributed by atoms with Crippen LogP contribution in [-0.4, -0.2) is 20.9 Å². The minimum absolute atomic E-state index is 0.201. The van der Waals surface area contributed by atoms with Gasteiger partial charge in [0.1, 0.15) is 11.3 Å². The number of aromatic nitrogens is 3. The molecule has 0 aliphatic rings. The van der Waals surface area contributed by atoms with Crippen LogP contribution in [0.3, 0.4) is 0 Å². The molecule has 0 bridgehead atoms. The van der Waals surface area contributed by atoms with Crippen LogP contribution in [0.15, 0.2) is 76.1 Å². The van der Waals surface area contributed by atoms with Gasteiger partial charge in [0.15, 0.2) is 5.69 Å². The first-order valence-corrected chi connectivity index (χ1v) is 7.98. The van der Waals surface area contributed by atoms with Gasteiger partial charge >= 0.3 is 5.63 Å². The van der Waals surface area contributed by atoms with Gasteiger partial charge in [0.2, 0.25) is 0 Å². The number of fused-ring (bicyclic) bond motifs is 1. The van der Waals surface area contributed by atoms with E-state index in [2.05, 4.69) is 15.6 Å². The first-order chi connectivity index (χ1) is 12.7. The van der Waals surface area contributed by atoms with Gasteiger partial charge in [-0.05, 0) is 24.3 Å². The highest BCUT2D eigenvalue weighted by atomic mass is 16.4. The van der Waals surface area contributed by atoms with Crippen molar-refractivity contribution < 1.29 is 9.21 Å². The smallest absolute Gasteiger partial charge is 0.362 e. The molecule has 2 aromatic heterocycles. The molecule has 0 unspecified atom stereocenters. The first kappa shape index (κ1) is 15.8. The Morgan fingerprint density at radius 1 is 1.08 bits per heavy atom. The lowest BCUT2D eigenvalue weighted by Gasteiger charge is -2.02. The van der Waals surface area contributed by atoms with Crippen molar-refractivity contribution in [3.63, 3.8) is 0 Å². The largest absolute Gasteiger partial charge is 0.421 e. The summed E-state index contributed by atoms with van der Waals surface area (Å²) in [5.74, 6) is -0.203. The maximum Gasteiger partial charge on any atom is 0.362 e. The van der Waals surface area contributed by atoms with Crippen LogP contribution in [0.4, 0.5) is 0 Å². The SMILES string of the molecule is O=C(NCc1cn(-c2cc3ccccc3oc2=O)nn1)c1ccccc1. The summed E-state index contributed by atoms with van der Waals surface area (Å²) in [6.07, 6.45) is 1.59. The fraction of sp³-hybridized carbons (Fsp3) is 0.0526. The third-order valence-electron chi connectivity index (χ3n) is 3.88. The summed E-state index contributed by atoms with van der Waals surface area (Å²) in [7, 11) is 0. The summed E-state index contributed by atoms with van der Waals surface area (Å²) in [6.45, 7) is 0.201. The number of rotatable bonds is 4. The van der Waals surface area contributed by atoms with E-state index in [1.54, 1.807) is 48.7 Å². The number of hydrogen-bond acceptors (Lipinski definition) is 5. The van der Waals surface area contributed by atoms with Crippen LogP contribution in [0.2, 0.25) is 0 Å². The lowest BCUT2D eigenvalue weighted by Crippen LogP contribution is -2.22. The highest BCUT2D eigenvalue weighted by molar-refractivity contribution is 5.94. The molecule has 0 atom stereocenters. The maximum absolute atomic E-state index is 12.2. The van der Waals surface area contributed by atoms with Crippen molar-refractivity contribution in [1.82, 2.24) is 20.3 Å². The van der Waals surface area contributed by atoms with Gasteiger partial charge in [-0.2, -0.15) is 0 Å². The van der Waals surface area contributed by atoms with Gasteiger partial charge in [-0.3, -0.25) is 4.79 Å². The van der Waals surface area contributed by atoms with E-state index in [0.717, 1.165) is 5.39 Å². The molecule has 0 aliphatic heterocycles. The van der Waals surface area contributed by atoms with Crippen LogP contribution < -0.4 is 10.9 Å². The van der Waals surface area contributed by atoms with Crippen molar-refractivity contribution >= 4 is 16.9 Å². The van der Waals surface area contributed by atoms with Crippen molar-refractivity contribution in [2.24, 2.45) is 0 Å². The summed E-state index contributed by atoms with van der Waals surface area (Å²) < 4.78 is 6.65. The molecule has 2 aromatic carbocycles. The molecule has 0 radical (unpaired) electrons.